The summed E-state index contributed by atoms with van der Waals surface area (Å²) in [6.07, 6.45) is 0.573. The minimum Gasteiger partial charge on any atom is -0.355 e. The Morgan fingerprint density at radius 1 is 1.60 bits per heavy atom. The first-order valence-corrected chi connectivity index (χ1v) is 6.14. The molecule has 1 fully saturated rings. The fraction of sp³-hybridized carbons (Fsp3) is 0.750. The average molecular weight is 231 g/mol. The van der Waals surface area contributed by atoms with Crippen LogP contribution in [-0.2, 0) is 14.8 Å². The summed E-state index contributed by atoms with van der Waals surface area (Å²) >= 11 is 0. The van der Waals surface area contributed by atoms with Crippen LogP contribution in [0.3, 0.4) is 0 Å². The number of nitrogens with zero attached hydrogens (tertiary/aromatic N) is 2. The van der Waals surface area contributed by atoms with Crippen LogP contribution in [0, 0.1) is 11.3 Å². The Labute approximate surface area is 88.9 Å². The van der Waals surface area contributed by atoms with Gasteiger partial charge in [0.25, 0.3) is 0 Å². The predicted molar refractivity (Wildman–Crippen MR) is 53.2 cm³/mol. The lowest BCUT2D eigenvalue weighted by Gasteiger charge is -2.19. The number of nitrogens with one attached hydrogen (secondary N) is 1. The number of rotatable bonds is 2. The van der Waals surface area contributed by atoms with Gasteiger partial charge in [0.15, 0.2) is 5.25 Å². The topological polar surface area (TPSA) is 90.3 Å². The van der Waals surface area contributed by atoms with Gasteiger partial charge in [-0.05, 0) is 13.3 Å². The molecule has 1 N–H and O–H groups in total. The van der Waals surface area contributed by atoms with E-state index in [0.29, 0.717) is 13.0 Å². The smallest absolute Gasteiger partial charge is 0.235 e. The highest BCUT2D eigenvalue weighted by Gasteiger charge is 2.31. The molecule has 1 saturated heterocycles. The van der Waals surface area contributed by atoms with Crippen LogP contribution in [0.4, 0.5) is 0 Å². The van der Waals surface area contributed by atoms with Crippen molar-refractivity contribution in [2.75, 3.05) is 19.6 Å². The summed E-state index contributed by atoms with van der Waals surface area (Å²) in [6, 6.07) is 1.68. The monoisotopic (exact) mass is 231 g/mol. The van der Waals surface area contributed by atoms with E-state index in [1.165, 1.54) is 6.92 Å². The molecule has 7 heteroatoms. The normalized spacial score (nSPS) is 21.2. The second-order valence-corrected chi connectivity index (χ2v) is 5.61. The summed E-state index contributed by atoms with van der Waals surface area (Å²) in [6.45, 7) is 1.89. The number of hydrogen-bond acceptors (Lipinski definition) is 4. The summed E-state index contributed by atoms with van der Waals surface area (Å²) in [5.74, 6) is -0.318. The van der Waals surface area contributed by atoms with Crippen LogP contribution in [0.25, 0.3) is 0 Å². The number of amides is 1. The van der Waals surface area contributed by atoms with Crippen LogP contribution in [0.15, 0.2) is 0 Å². The molecule has 0 bridgehead atoms. The second kappa shape index (κ2) is 4.59. The summed E-state index contributed by atoms with van der Waals surface area (Å²) in [5.41, 5.74) is 0. The van der Waals surface area contributed by atoms with Crippen molar-refractivity contribution in [3.8, 4) is 6.07 Å². The van der Waals surface area contributed by atoms with Gasteiger partial charge in [0.2, 0.25) is 15.9 Å². The third kappa shape index (κ3) is 2.67. The third-order valence-electron chi connectivity index (χ3n) is 2.21. The zero-order valence-electron chi connectivity index (χ0n) is 8.43. The van der Waals surface area contributed by atoms with E-state index >= 15 is 0 Å². The molecule has 1 aliphatic heterocycles. The number of hydrogen-bond donors (Lipinski definition) is 1. The molecular formula is C8H13N3O3S. The van der Waals surface area contributed by atoms with Gasteiger partial charge in [-0.1, -0.05) is 0 Å². The minimum atomic E-state index is -3.66. The van der Waals surface area contributed by atoms with Gasteiger partial charge in [-0.15, -0.1) is 0 Å². The predicted octanol–water partition coefficient (Wildman–Crippen LogP) is -0.950. The van der Waals surface area contributed by atoms with Crippen molar-refractivity contribution in [1.29, 1.82) is 5.26 Å². The van der Waals surface area contributed by atoms with Crippen molar-refractivity contribution in [3.63, 3.8) is 0 Å². The number of carbonyl (C=O) groups excluding carboxylic acids is 1. The standard InChI is InChI=1S/C8H13N3O3S/c1-7(5-9)15(13,14)11-4-2-3-10-8(12)6-11/h7H,2-4,6H2,1H3,(H,10,12). The van der Waals surface area contributed by atoms with Gasteiger partial charge in [-0.2, -0.15) is 9.57 Å². The van der Waals surface area contributed by atoms with Crippen LogP contribution in [0.5, 0.6) is 0 Å². The van der Waals surface area contributed by atoms with Crippen LogP contribution in [-0.4, -0.2) is 43.5 Å². The highest BCUT2D eigenvalue weighted by molar-refractivity contribution is 7.90. The lowest BCUT2D eigenvalue weighted by Crippen LogP contribution is -2.41. The number of sulfonamides is 1. The van der Waals surface area contributed by atoms with Crippen molar-refractivity contribution in [3.05, 3.63) is 0 Å². The first-order chi connectivity index (χ1) is 6.98. The zero-order chi connectivity index (χ0) is 11.5. The third-order valence-corrected chi connectivity index (χ3v) is 4.25. The highest BCUT2D eigenvalue weighted by atomic mass is 32.2. The van der Waals surface area contributed by atoms with Crippen molar-refractivity contribution in [2.45, 2.75) is 18.6 Å². The maximum Gasteiger partial charge on any atom is 0.235 e. The minimum absolute atomic E-state index is 0.186. The maximum absolute atomic E-state index is 11.7. The average Bonchev–Trinajstić information content (AvgIpc) is 2.41. The molecule has 1 atom stereocenters. The molecule has 0 aromatic rings. The van der Waals surface area contributed by atoms with Crippen LogP contribution >= 0.6 is 0 Å². The van der Waals surface area contributed by atoms with Gasteiger partial charge >= 0.3 is 0 Å². The van der Waals surface area contributed by atoms with Crippen molar-refractivity contribution in [2.24, 2.45) is 0 Å². The molecule has 15 heavy (non-hydrogen) atoms. The Balaban J connectivity index is 2.87. The van der Waals surface area contributed by atoms with E-state index in [9.17, 15) is 13.2 Å². The molecule has 0 saturated carbocycles. The van der Waals surface area contributed by atoms with E-state index in [4.69, 9.17) is 5.26 Å². The quantitative estimate of drug-likeness (QED) is 0.663. The molecule has 1 amide bonds. The van der Waals surface area contributed by atoms with Gasteiger partial charge in [0.1, 0.15) is 0 Å². The summed E-state index contributed by atoms with van der Waals surface area (Å²) in [5, 5.41) is 10.0. The largest absolute Gasteiger partial charge is 0.355 e. The molecule has 1 unspecified atom stereocenters. The SMILES string of the molecule is CC(C#N)S(=O)(=O)N1CCCNC(=O)C1. The Morgan fingerprint density at radius 2 is 2.27 bits per heavy atom. The van der Waals surface area contributed by atoms with Crippen LogP contribution < -0.4 is 5.32 Å². The first kappa shape index (κ1) is 11.9. The van der Waals surface area contributed by atoms with E-state index in [0.717, 1.165) is 4.31 Å². The molecule has 0 aromatic carbocycles. The zero-order valence-corrected chi connectivity index (χ0v) is 9.25. The van der Waals surface area contributed by atoms with E-state index in [-0.39, 0.29) is 19.0 Å². The Bertz CT molecular complexity index is 384. The highest BCUT2D eigenvalue weighted by Crippen LogP contribution is 2.10. The fourth-order valence-electron chi connectivity index (χ4n) is 1.29. The van der Waals surface area contributed by atoms with E-state index < -0.39 is 15.3 Å². The molecule has 1 heterocycles. The number of carbonyl (C=O) groups is 1. The molecule has 1 aliphatic rings. The van der Waals surface area contributed by atoms with Crippen molar-refractivity contribution < 1.29 is 13.2 Å². The Morgan fingerprint density at radius 3 is 2.87 bits per heavy atom. The van der Waals surface area contributed by atoms with Gasteiger partial charge in [-0.3, -0.25) is 4.79 Å². The summed E-state index contributed by atoms with van der Waals surface area (Å²) in [4.78, 5) is 11.2. The van der Waals surface area contributed by atoms with Gasteiger partial charge in [0, 0.05) is 13.1 Å². The lowest BCUT2D eigenvalue weighted by molar-refractivity contribution is -0.120. The fourth-order valence-corrected chi connectivity index (χ4v) is 2.55. The van der Waals surface area contributed by atoms with E-state index in [1.54, 1.807) is 6.07 Å². The Kier molecular flexibility index (Phi) is 3.66. The molecule has 0 spiro atoms. The van der Waals surface area contributed by atoms with Gasteiger partial charge in [-0.25, -0.2) is 8.42 Å². The van der Waals surface area contributed by atoms with Crippen molar-refractivity contribution in [1.82, 2.24) is 9.62 Å². The van der Waals surface area contributed by atoms with Crippen molar-refractivity contribution >= 4 is 15.9 Å². The summed E-state index contributed by atoms with van der Waals surface area (Å²) in [7, 11) is -3.66. The van der Waals surface area contributed by atoms with Crippen LogP contribution in [0.2, 0.25) is 0 Å². The molecule has 0 aromatic heterocycles. The molecule has 6 nitrogen and oxygen atoms in total. The Hall–Kier alpha value is -1.13. The lowest BCUT2D eigenvalue weighted by atomic mass is 10.4. The second-order valence-electron chi connectivity index (χ2n) is 3.35. The molecule has 84 valence electrons. The van der Waals surface area contributed by atoms with Gasteiger partial charge < -0.3 is 5.32 Å². The van der Waals surface area contributed by atoms with E-state index in [1.807, 2.05) is 0 Å². The molecular weight excluding hydrogens is 218 g/mol. The maximum atomic E-state index is 11.7. The molecule has 1 rings (SSSR count). The van der Waals surface area contributed by atoms with Crippen LogP contribution in [0.1, 0.15) is 13.3 Å². The molecule has 0 radical (unpaired) electrons. The van der Waals surface area contributed by atoms with Gasteiger partial charge in [0.05, 0.1) is 12.6 Å². The summed E-state index contributed by atoms with van der Waals surface area (Å²) < 4.78 is 24.5. The first-order valence-electron chi connectivity index (χ1n) is 4.63. The molecule has 0 aliphatic carbocycles. The van der Waals surface area contributed by atoms with E-state index in [2.05, 4.69) is 5.32 Å². The number of nitriles is 1.